The van der Waals surface area contributed by atoms with Crippen molar-refractivity contribution < 1.29 is 5.11 Å². The molecule has 1 atom stereocenters. The summed E-state index contributed by atoms with van der Waals surface area (Å²) in [7, 11) is 0. The van der Waals surface area contributed by atoms with Crippen molar-refractivity contribution in [3.63, 3.8) is 0 Å². The zero-order valence-electron chi connectivity index (χ0n) is 10.7. The Hall–Kier alpha value is -1.02. The second kappa shape index (κ2) is 8.15. The van der Waals surface area contributed by atoms with E-state index in [9.17, 15) is 5.26 Å². The number of nitrogens with zero attached hydrogens (tertiary/aromatic N) is 1. The molecule has 0 bridgehead atoms. The van der Waals surface area contributed by atoms with Gasteiger partial charge in [0.05, 0.1) is 12.7 Å². The van der Waals surface area contributed by atoms with Crippen LogP contribution in [0.3, 0.4) is 0 Å². The first-order chi connectivity index (χ1) is 8.79. The maximum atomic E-state index is 9.55. The van der Waals surface area contributed by atoms with Gasteiger partial charge in [0, 0.05) is 5.75 Å². The second-order valence-corrected chi connectivity index (χ2v) is 5.22. The van der Waals surface area contributed by atoms with Gasteiger partial charge in [-0.15, -0.1) is 0 Å². The topological polar surface area (TPSA) is 56.0 Å². The molecule has 0 heterocycles. The predicted molar refractivity (Wildman–Crippen MR) is 76.4 cm³/mol. The highest BCUT2D eigenvalue weighted by Crippen LogP contribution is 2.26. The molecule has 1 unspecified atom stereocenters. The van der Waals surface area contributed by atoms with Crippen LogP contribution in [0.5, 0.6) is 0 Å². The van der Waals surface area contributed by atoms with Gasteiger partial charge >= 0.3 is 0 Å². The summed E-state index contributed by atoms with van der Waals surface area (Å²) in [5.74, 6) is 1.58. The van der Waals surface area contributed by atoms with E-state index in [-0.39, 0.29) is 6.61 Å². The molecule has 1 rings (SSSR count). The van der Waals surface area contributed by atoms with Crippen LogP contribution in [0.15, 0.2) is 30.3 Å². The second-order valence-electron chi connectivity index (χ2n) is 4.00. The van der Waals surface area contributed by atoms with Crippen molar-refractivity contribution in [2.45, 2.75) is 18.9 Å². The third-order valence-corrected chi connectivity index (χ3v) is 3.76. The van der Waals surface area contributed by atoms with Gasteiger partial charge < -0.3 is 5.11 Å². The smallest absolute Gasteiger partial charge is 0.133 e. The Balaban J connectivity index is 2.79. The van der Waals surface area contributed by atoms with E-state index in [4.69, 9.17) is 5.11 Å². The molecule has 0 saturated carbocycles. The number of hydrogen-bond donors (Lipinski definition) is 2. The number of aliphatic hydroxyl groups excluding tert-OH is 1. The third kappa shape index (κ3) is 4.02. The number of nitriles is 1. The zero-order chi connectivity index (χ0) is 13.3. The van der Waals surface area contributed by atoms with Crippen molar-refractivity contribution in [3.05, 3.63) is 35.9 Å². The van der Waals surface area contributed by atoms with Crippen LogP contribution in [-0.2, 0) is 5.54 Å². The van der Waals surface area contributed by atoms with Gasteiger partial charge in [-0.3, -0.25) is 5.32 Å². The van der Waals surface area contributed by atoms with Crippen molar-refractivity contribution in [3.8, 4) is 6.07 Å². The van der Waals surface area contributed by atoms with Crippen molar-refractivity contribution in [1.29, 1.82) is 5.26 Å². The summed E-state index contributed by atoms with van der Waals surface area (Å²) >= 11 is 1.67. The lowest BCUT2D eigenvalue weighted by Gasteiger charge is -2.28. The first kappa shape index (κ1) is 15.0. The van der Waals surface area contributed by atoms with Gasteiger partial charge in [-0.25, -0.2) is 0 Å². The number of benzene rings is 1. The summed E-state index contributed by atoms with van der Waals surface area (Å²) in [6.45, 7) is 2.96. The fraction of sp³-hybridized carbons (Fsp3) is 0.500. The number of hydrogen-bond acceptors (Lipinski definition) is 4. The highest BCUT2D eigenvalue weighted by molar-refractivity contribution is 7.99. The van der Waals surface area contributed by atoms with E-state index in [2.05, 4.69) is 11.4 Å². The van der Waals surface area contributed by atoms with Crippen LogP contribution in [0, 0.1) is 11.3 Å². The molecular weight excluding hydrogens is 244 g/mol. The molecule has 4 heteroatoms. The van der Waals surface area contributed by atoms with E-state index < -0.39 is 5.54 Å². The normalized spacial score (nSPS) is 13.8. The Kier molecular flexibility index (Phi) is 6.81. The van der Waals surface area contributed by atoms with Crippen LogP contribution >= 0.6 is 11.8 Å². The molecule has 0 aliphatic rings. The summed E-state index contributed by atoms with van der Waals surface area (Å²) < 4.78 is 0. The third-order valence-electron chi connectivity index (χ3n) is 2.79. The molecule has 1 aromatic rings. The minimum atomic E-state index is -0.613. The van der Waals surface area contributed by atoms with Gasteiger partial charge in [0.15, 0.2) is 0 Å². The Morgan fingerprint density at radius 3 is 2.61 bits per heavy atom. The first-order valence-corrected chi connectivity index (χ1v) is 7.35. The van der Waals surface area contributed by atoms with Gasteiger partial charge in [0.25, 0.3) is 0 Å². The molecule has 0 aliphatic carbocycles. The molecule has 18 heavy (non-hydrogen) atoms. The van der Waals surface area contributed by atoms with Crippen LogP contribution in [-0.4, -0.2) is 29.8 Å². The summed E-state index contributed by atoms with van der Waals surface area (Å²) in [6, 6.07) is 12.3. The molecule has 0 amide bonds. The molecule has 3 nitrogen and oxygen atoms in total. The molecule has 0 fully saturated rings. The lowest BCUT2D eigenvalue weighted by atomic mass is 9.88. The van der Waals surface area contributed by atoms with Crippen molar-refractivity contribution >= 4 is 11.8 Å². The predicted octanol–water partition coefficient (Wildman–Crippen LogP) is 2.13. The lowest BCUT2D eigenvalue weighted by Crippen LogP contribution is -2.41. The zero-order valence-corrected chi connectivity index (χ0v) is 11.5. The van der Waals surface area contributed by atoms with Crippen LogP contribution in [0.4, 0.5) is 0 Å². The molecule has 0 saturated heterocycles. The van der Waals surface area contributed by atoms with Gasteiger partial charge in [0.1, 0.15) is 5.54 Å². The van der Waals surface area contributed by atoms with E-state index in [0.717, 1.165) is 30.0 Å². The van der Waals surface area contributed by atoms with Crippen LogP contribution < -0.4 is 5.32 Å². The van der Waals surface area contributed by atoms with E-state index in [1.54, 1.807) is 11.8 Å². The highest BCUT2D eigenvalue weighted by atomic mass is 32.2. The minimum absolute atomic E-state index is 0.191. The Morgan fingerprint density at radius 1 is 1.33 bits per heavy atom. The fourth-order valence-electron chi connectivity index (χ4n) is 1.91. The molecule has 98 valence electrons. The largest absolute Gasteiger partial charge is 0.396 e. The average molecular weight is 264 g/mol. The van der Waals surface area contributed by atoms with E-state index in [1.165, 1.54) is 0 Å². The van der Waals surface area contributed by atoms with E-state index >= 15 is 0 Å². The summed E-state index contributed by atoms with van der Waals surface area (Å²) in [4.78, 5) is 0. The molecule has 0 radical (unpaired) electrons. The van der Waals surface area contributed by atoms with Crippen molar-refractivity contribution in [2.75, 3.05) is 24.7 Å². The molecular formula is C14H20N2OS. The quantitative estimate of drug-likeness (QED) is 0.706. The summed E-state index contributed by atoms with van der Waals surface area (Å²) in [5, 5.41) is 21.6. The Bertz CT molecular complexity index is 377. The maximum Gasteiger partial charge on any atom is 0.133 e. The Labute approximate surface area is 113 Å². The van der Waals surface area contributed by atoms with Crippen LogP contribution in [0.2, 0.25) is 0 Å². The number of rotatable bonds is 8. The van der Waals surface area contributed by atoms with Gasteiger partial charge in [-0.05, 0) is 24.3 Å². The summed E-state index contributed by atoms with van der Waals surface area (Å²) in [6.07, 6.45) is 0.742. The van der Waals surface area contributed by atoms with Gasteiger partial charge in [-0.1, -0.05) is 37.3 Å². The Morgan fingerprint density at radius 2 is 2.06 bits per heavy atom. The molecule has 0 aliphatic heterocycles. The van der Waals surface area contributed by atoms with E-state index in [0.29, 0.717) is 0 Å². The minimum Gasteiger partial charge on any atom is -0.396 e. The fourth-order valence-corrected chi connectivity index (χ4v) is 2.69. The SMILES string of the molecule is CCNC(C#N)(CCSCCO)c1ccccc1. The average Bonchev–Trinajstić information content (AvgIpc) is 2.43. The number of aliphatic hydroxyl groups is 1. The van der Waals surface area contributed by atoms with Gasteiger partial charge in [-0.2, -0.15) is 17.0 Å². The molecule has 0 aromatic heterocycles. The van der Waals surface area contributed by atoms with Gasteiger partial charge in [0.2, 0.25) is 0 Å². The molecule has 0 spiro atoms. The lowest BCUT2D eigenvalue weighted by molar-refractivity contribution is 0.322. The monoisotopic (exact) mass is 264 g/mol. The van der Waals surface area contributed by atoms with Crippen LogP contribution in [0.1, 0.15) is 18.9 Å². The molecule has 1 aromatic carbocycles. The number of nitrogens with one attached hydrogen (secondary N) is 1. The van der Waals surface area contributed by atoms with Crippen molar-refractivity contribution in [2.24, 2.45) is 0 Å². The summed E-state index contributed by atoms with van der Waals surface area (Å²) in [5.41, 5.74) is 0.400. The van der Waals surface area contributed by atoms with Crippen molar-refractivity contribution in [1.82, 2.24) is 5.32 Å². The van der Waals surface area contributed by atoms with E-state index in [1.807, 2.05) is 37.3 Å². The number of thioether (sulfide) groups is 1. The van der Waals surface area contributed by atoms with Crippen LogP contribution in [0.25, 0.3) is 0 Å². The first-order valence-electron chi connectivity index (χ1n) is 6.19. The highest BCUT2D eigenvalue weighted by Gasteiger charge is 2.30. The molecule has 2 N–H and O–H groups in total. The standard InChI is InChI=1S/C14H20N2OS/c1-2-16-14(12-15,8-10-18-11-9-17)13-6-4-3-5-7-13/h3-7,16-17H,2,8-11H2,1H3. The maximum absolute atomic E-state index is 9.55.